The Morgan fingerprint density at radius 3 is 2.00 bits per heavy atom. The molecular formula is C17H16O4. The van der Waals surface area contributed by atoms with Gasteiger partial charge < -0.3 is 14.2 Å². The van der Waals surface area contributed by atoms with Crippen molar-refractivity contribution in [2.75, 3.05) is 13.9 Å². The van der Waals surface area contributed by atoms with Gasteiger partial charge in [0.25, 0.3) is 0 Å². The van der Waals surface area contributed by atoms with Crippen LogP contribution in [-0.4, -0.2) is 19.9 Å². The maximum Gasteiger partial charge on any atom is 0.333 e. The number of methoxy groups -OCH3 is 1. The molecule has 21 heavy (non-hydrogen) atoms. The van der Waals surface area contributed by atoms with Crippen molar-refractivity contribution in [2.45, 2.75) is 0 Å². The van der Waals surface area contributed by atoms with Crippen molar-refractivity contribution in [3.8, 4) is 22.6 Å². The first-order valence-corrected chi connectivity index (χ1v) is 6.39. The maximum absolute atomic E-state index is 10.9. The quantitative estimate of drug-likeness (QED) is 0.463. The number of carbonyl (C=O) groups is 1. The Balaban J connectivity index is 1.97. The van der Waals surface area contributed by atoms with E-state index in [1.54, 1.807) is 7.11 Å². The number of carbonyl (C=O) groups excluding carboxylic acids is 1. The molecule has 0 aromatic heterocycles. The summed E-state index contributed by atoms with van der Waals surface area (Å²) in [5.74, 6) is 0.941. The van der Waals surface area contributed by atoms with Gasteiger partial charge in [-0.05, 0) is 35.4 Å². The third kappa shape index (κ3) is 4.11. The number of hydrogen-bond acceptors (Lipinski definition) is 4. The Kier molecular flexibility index (Phi) is 4.99. The number of benzene rings is 2. The van der Waals surface area contributed by atoms with E-state index in [0.717, 1.165) is 23.0 Å². The van der Waals surface area contributed by atoms with Gasteiger partial charge in [-0.25, -0.2) is 4.79 Å². The molecule has 108 valence electrons. The van der Waals surface area contributed by atoms with E-state index in [0.29, 0.717) is 5.75 Å². The van der Waals surface area contributed by atoms with Gasteiger partial charge in [0.05, 0.1) is 7.11 Å². The monoisotopic (exact) mass is 284 g/mol. The summed E-state index contributed by atoms with van der Waals surface area (Å²) >= 11 is 0. The molecule has 0 radical (unpaired) electrons. The molecule has 0 aliphatic carbocycles. The third-order valence-electron chi connectivity index (χ3n) is 2.87. The standard InChI is InChI=1S/C17H16O4/c1-3-17(18)21-12-20-16-10-6-14(7-11-16)13-4-8-15(19-2)9-5-13/h3-11H,1,12H2,2H3. The van der Waals surface area contributed by atoms with E-state index in [1.165, 1.54) is 0 Å². The fourth-order valence-corrected chi connectivity index (χ4v) is 1.74. The lowest BCUT2D eigenvalue weighted by molar-refractivity contribution is -0.144. The molecule has 0 N–H and O–H groups in total. The minimum absolute atomic E-state index is 0.132. The molecule has 2 aromatic carbocycles. The first-order chi connectivity index (χ1) is 10.2. The maximum atomic E-state index is 10.9. The molecule has 0 saturated carbocycles. The van der Waals surface area contributed by atoms with Crippen LogP contribution in [0, 0.1) is 0 Å². The first kappa shape index (κ1) is 14.7. The van der Waals surface area contributed by atoms with E-state index in [-0.39, 0.29) is 6.79 Å². The first-order valence-electron chi connectivity index (χ1n) is 6.39. The van der Waals surface area contributed by atoms with E-state index in [9.17, 15) is 4.79 Å². The number of rotatable bonds is 6. The normalized spacial score (nSPS) is 9.76. The van der Waals surface area contributed by atoms with Crippen LogP contribution in [-0.2, 0) is 9.53 Å². The second-order valence-electron chi connectivity index (χ2n) is 4.18. The molecule has 0 atom stereocenters. The Morgan fingerprint density at radius 1 is 1.00 bits per heavy atom. The highest BCUT2D eigenvalue weighted by Gasteiger charge is 2.00. The summed E-state index contributed by atoms with van der Waals surface area (Å²) in [7, 11) is 1.64. The smallest absolute Gasteiger partial charge is 0.333 e. The average Bonchev–Trinajstić information content (AvgIpc) is 2.55. The van der Waals surface area contributed by atoms with Gasteiger partial charge in [0.1, 0.15) is 11.5 Å². The fourth-order valence-electron chi connectivity index (χ4n) is 1.74. The molecule has 0 aliphatic heterocycles. The fraction of sp³-hybridized carbons (Fsp3) is 0.118. The van der Waals surface area contributed by atoms with Gasteiger partial charge in [-0.3, -0.25) is 0 Å². The lowest BCUT2D eigenvalue weighted by atomic mass is 10.1. The molecule has 0 unspecified atom stereocenters. The van der Waals surface area contributed by atoms with Crippen molar-refractivity contribution in [1.29, 1.82) is 0 Å². The van der Waals surface area contributed by atoms with Gasteiger partial charge >= 0.3 is 5.97 Å². The summed E-state index contributed by atoms with van der Waals surface area (Å²) in [6.45, 7) is 3.17. The summed E-state index contributed by atoms with van der Waals surface area (Å²) in [4.78, 5) is 10.9. The molecule has 0 fully saturated rings. The van der Waals surface area contributed by atoms with Gasteiger partial charge in [-0.2, -0.15) is 0 Å². The van der Waals surface area contributed by atoms with Gasteiger partial charge in [0.2, 0.25) is 6.79 Å². The van der Waals surface area contributed by atoms with Crippen molar-refractivity contribution >= 4 is 5.97 Å². The number of hydrogen-bond donors (Lipinski definition) is 0. The molecule has 0 bridgehead atoms. The topological polar surface area (TPSA) is 44.8 Å². The minimum atomic E-state index is -0.509. The molecule has 0 heterocycles. The van der Waals surface area contributed by atoms with Crippen LogP contribution >= 0.6 is 0 Å². The average molecular weight is 284 g/mol. The van der Waals surface area contributed by atoms with Crippen LogP contribution in [0.5, 0.6) is 11.5 Å². The van der Waals surface area contributed by atoms with E-state index >= 15 is 0 Å². The van der Waals surface area contributed by atoms with Gasteiger partial charge in [0.15, 0.2) is 0 Å². The Bertz CT molecular complexity index is 600. The van der Waals surface area contributed by atoms with E-state index in [4.69, 9.17) is 14.2 Å². The van der Waals surface area contributed by atoms with Crippen molar-refractivity contribution in [2.24, 2.45) is 0 Å². The molecule has 4 nitrogen and oxygen atoms in total. The van der Waals surface area contributed by atoms with Crippen LogP contribution in [0.3, 0.4) is 0 Å². The highest BCUT2D eigenvalue weighted by Crippen LogP contribution is 2.24. The van der Waals surface area contributed by atoms with Crippen LogP contribution in [0.2, 0.25) is 0 Å². The van der Waals surface area contributed by atoms with Crippen molar-refractivity contribution in [3.05, 3.63) is 61.2 Å². The predicted molar refractivity (Wildman–Crippen MR) is 80.2 cm³/mol. The molecular weight excluding hydrogens is 268 g/mol. The second kappa shape index (κ2) is 7.14. The van der Waals surface area contributed by atoms with Crippen molar-refractivity contribution < 1.29 is 19.0 Å². The molecule has 0 saturated heterocycles. The third-order valence-corrected chi connectivity index (χ3v) is 2.87. The second-order valence-corrected chi connectivity index (χ2v) is 4.18. The van der Waals surface area contributed by atoms with E-state index in [2.05, 4.69) is 6.58 Å². The zero-order chi connectivity index (χ0) is 15.1. The highest BCUT2D eigenvalue weighted by molar-refractivity contribution is 5.81. The van der Waals surface area contributed by atoms with Gasteiger partial charge in [-0.15, -0.1) is 0 Å². The van der Waals surface area contributed by atoms with Crippen LogP contribution in [0.4, 0.5) is 0 Å². The highest BCUT2D eigenvalue weighted by atomic mass is 16.7. The molecule has 0 aliphatic rings. The lowest BCUT2D eigenvalue weighted by Gasteiger charge is -2.07. The van der Waals surface area contributed by atoms with Crippen molar-refractivity contribution in [3.63, 3.8) is 0 Å². The lowest BCUT2D eigenvalue weighted by Crippen LogP contribution is -2.07. The summed E-state index contributed by atoms with van der Waals surface area (Å²) in [6, 6.07) is 15.3. The summed E-state index contributed by atoms with van der Waals surface area (Å²) < 4.78 is 15.2. The minimum Gasteiger partial charge on any atom is -0.497 e. The number of ether oxygens (including phenoxy) is 3. The molecule has 0 amide bonds. The van der Waals surface area contributed by atoms with Crippen LogP contribution < -0.4 is 9.47 Å². The van der Waals surface area contributed by atoms with Crippen LogP contribution in [0.15, 0.2) is 61.2 Å². The molecule has 4 heteroatoms. The zero-order valence-corrected chi connectivity index (χ0v) is 11.7. The van der Waals surface area contributed by atoms with Gasteiger partial charge in [0, 0.05) is 6.08 Å². The molecule has 2 rings (SSSR count). The van der Waals surface area contributed by atoms with E-state index < -0.39 is 5.97 Å². The summed E-state index contributed by atoms with van der Waals surface area (Å²) in [5.41, 5.74) is 2.15. The SMILES string of the molecule is C=CC(=O)OCOc1ccc(-c2ccc(OC)cc2)cc1. The zero-order valence-electron chi connectivity index (χ0n) is 11.7. The Labute approximate surface area is 123 Å². The summed E-state index contributed by atoms with van der Waals surface area (Å²) in [5, 5.41) is 0. The molecule has 0 spiro atoms. The van der Waals surface area contributed by atoms with Gasteiger partial charge in [-0.1, -0.05) is 30.8 Å². The Morgan fingerprint density at radius 2 is 1.52 bits per heavy atom. The summed E-state index contributed by atoms with van der Waals surface area (Å²) in [6.07, 6.45) is 1.09. The van der Waals surface area contributed by atoms with E-state index in [1.807, 2.05) is 48.5 Å². The Hall–Kier alpha value is -2.75. The van der Waals surface area contributed by atoms with Crippen LogP contribution in [0.25, 0.3) is 11.1 Å². The largest absolute Gasteiger partial charge is 0.497 e. The number of esters is 1. The van der Waals surface area contributed by atoms with Crippen LogP contribution in [0.1, 0.15) is 0 Å². The van der Waals surface area contributed by atoms with Crippen molar-refractivity contribution in [1.82, 2.24) is 0 Å². The predicted octanol–water partition coefficient (Wildman–Crippen LogP) is 3.43. The molecule has 2 aromatic rings.